The molecule has 2 atom stereocenters. The molecule has 2 N–H and O–H groups in total. The van der Waals surface area contributed by atoms with Crippen LogP contribution in [0, 0.1) is 0 Å². The predicted molar refractivity (Wildman–Crippen MR) is 67.9 cm³/mol. The Morgan fingerprint density at radius 2 is 1.26 bits per heavy atom. The highest BCUT2D eigenvalue weighted by Crippen LogP contribution is 2.06. The van der Waals surface area contributed by atoms with E-state index in [2.05, 4.69) is 0 Å². The minimum atomic E-state index is -1.07. The minimum Gasteiger partial charge on any atom is -0.436 e. The lowest BCUT2D eigenvalue weighted by Crippen LogP contribution is -2.19. The van der Waals surface area contributed by atoms with E-state index in [1.54, 1.807) is 0 Å². The summed E-state index contributed by atoms with van der Waals surface area (Å²) in [5, 5.41) is 18.5. The maximum absolute atomic E-state index is 11.3. The van der Waals surface area contributed by atoms with Crippen molar-refractivity contribution in [1.82, 2.24) is 0 Å². The number of carbonyl (C=O) groups is 2. The average Bonchev–Trinajstić information content (AvgIpc) is 2.28. The average molecular weight is 276 g/mol. The van der Waals surface area contributed by atoms with Crippen molar-refractivity contribution in [3.05, 3.63) is 0 Å². The maximum Gasteiger partial charge on any atom is 0.308 e. The van der Waals surface area contributed by atoms with Crippen molar-refractivity contribution < 1.29 is 29.3 Å². The lowest BCUT2D eigenvalue weighted by atomic mass is 10.2. The SMILES string of the molecule is CCCC(O)OC(=O)CCCC(=O)OC(O)CCC. The predicted octanol–water partition coefficient (Wildman–Crippen LogP) is 1.48. The zero-order valence-corrected chi connectivity index (χ0v) is 11.6. The molecule has 0 amide bonds. The monoisotopic (exact) mass is 276 g/mol. The van der Waals surface area contributed by atoms with Gasteiger partial charge in [0, 0.05) is 25.7 Å². The summed E-state index contributed by atoms with van der Waals surface area (Å²) in [4.78, 5) is 22.5. The van der Waals surface area contributed by atoms with Crippen LogP contribution in [-0.4, -0.2) is 34.7 Å². The van der Waals surface area contributed by atoms with Crippen LogP contribution in [0.3, 0.4) is 0 Å². The Bertz CT molecular complexity index is 240. The van der Waals surface area contributed by atoms with Crippen LogP contribution in [0.15, 0.2) is 0 Å². The van der Waals surface area contributed by atoms with Crippen LogP contribution in [0.1, 0.15) is 58.8 Å². The Kier molecular flexibility index (Phi) is 10.1. The molecule has 6 nitrogen and oxygen atoms in total. The Hall–Kier alpha value is -1.14. The number of hydrogen-bond donors (Lipinski definition) is 2. The second-order valence-corrected chi connectivity index (χ2v) is 4.32. The standard InChI is InChI=1S/C13H24O6/c1-3-6-10(14)18-12(16)8-5-9-13(17)19-11(15)7-4-2/h10-11,14-15H,3-9H2,1-2H3. The molecule has 6 heteroatoms. The van der Waals surface area contributed by atoms with Crippen LogP contribution in [-0.2, 0) is 19.1 Å². The molecule has 0 radical (unpaired) electrons. The van der Waals surface area contributed by atoms with Gasteiger partial charge in [-0.3, -0.25) is 9.59 Å². The van der Waals surface area contributed by atoms with Gasteiger partial charge in [-0.25, -0.2) is 0 Å². The van der Waals surface area contributed by atoms with Crippen molar-refractivity contribution in [2.24, 2.45) is 0 Å². The summed E-state index contributed by atoms with van der Waals surface area (Å²) in [6, 6.07) is 0. The van der Waals surface area contributed by atoms with Crippen LogP contribution in [0.4, 0.5) is 0 Å². The van der Waals surface area contributed by atoms with E-state index in [1.165, 1.54) is 0 Å². The molecule has 0 aliphatic heterocycles. The molecule has 0 fully saturated rings. The smallest absolute Gasteiger partial charge is 0.308 e. The highest BCUT2D eigenvalue weighted by Gasteiger charge is 2.13. The van der Waals surface area contributed by atoms with E-state index in [-0.39, 0.29) is 19.3 Å². The minimum absolute atomic E-state index is 0.0414. The fraction of sp³-hybridized carbons (Fsp3) is 0.846. The molecule has 0 aliphatic rings. The molecule has 0 spiro atoms. The molecule has 0 aliphatic carbocycles. The number of esters is 2. The van der Waals surface area contributed by atoms with E-state index in [0.717, 1.165) is 12.8 Å². The molecule has 19 heavy (non-hydrogen) atoms. The van der Waals surface area contributed by atoms with Crippen LogP contribution in [0.5, 0.6) is 0 Å². The summed E-state index contributed by atoms with van der Waals surface area (Å²) in [5.74, 6) is -1.08. The number of aliphatic hydroxyl groups excluding tert-OH is 2. The van der Waals surface area contributed by atoms with Crippen molar-refractivity contribution in [2.45, 2.75) is 71.4 Å². The Morgan fingerprint density at radius 1 is 0.895 bits per heavy atom. The summed E-state index contributed by atoms with van der Waals surface area (Å²) in [5.41, 5.74) is 0. The van der Waals surface area contributed by atoms with Crippen LogP contribution >= 0.6 is 0 Å². The third-order valence-corrected chi connectivity index (χ3v) is 2.37. The van der Waals surface area contributed by atoms with Gasteiger partial charge in [0.05, 0.1) is 0 Å². The molecule has 0 aromatic heterocycles. The highest BCUT2D eigenvalue weighted by atomic mass is 16.6. The number of rotatable bonds is 10. The summed E-state index contributed by atoms with van der Waals surface area (Å²) in [7, 11) is 0. The highest BCUT2D eigenvalue weighted by molar-refractivity contribution is 5.72. The Balaban J connectivity index is 3.66. The van der Waals surface area contributed by atoms with Gasteiger partial charge in [0.25, 0.3) is 0 Å². The lowest BCUT2D eigenvalue weighted by molar-refractivity contribution is -0.170. The van der Waals surface area contributed by atoms with Crippen LogP contribution < -0.4 is 0 Å². The zero-order chi connectivity index (χ0) is 14.7. The topological polar surface area (TPSA) is 93.1 Å². The third-order valence-electron chi connectivity index (χ3n) is 2.37. The van der Waals surface area contributed by atoms with E-state index in [1.807, 2.05) is 13.8 Å². The van der Waals surface area contributed by atoms with Crippen molar-refractivity contribution in [3.63, 3.8) is 0 Å². The molecule has 112 valence electrons. The van der Waals surface area contributed by atoms with Gasteiger partial charge in [-0.05, 0) is 6.42 Å². The maximum atomic E-state index is 11.3. The molecule has 0 heterocycles. The van der Waals surface area contributed by atoms with Gasteiger partial charge in [0.1, 0.15) is 0 Å². The first-order valence-corrected chi connectivity index (χ1v) is 6.74. The summed E-state index contributed by atoms with van der Waals surface area (Å²) in [6.07, 6.45) is 0.446. The second-order valence-electron chi connectivity index (χ2n) is 4.32. The summed E-state index contributed by atoms with van der Waals surface area (Å²) in [6.45, 7) is 3.74. The van der Waals surface area contributed by atoms with Gasteiger partial charge in [-0.2, -0.15) is 0 Å². The first-order chi connectivity index (χ1) is 8.99. The lowest BCUT2D eigenvalue weighted by Gasteiger charge is -2.12. The van der Waals surface area contributed by atoms with Crippen molar-refractivity contribution in [2.75, 3.05) is 0 Å². The van der Waals surface area contributed by atoms with E-state index in [0.29, 0.717) is 12.8 Å². The van der Waals surface area contributed by atoms with Crippen molar-refractivity contribution in [3.8, 4) is 0 Å². The number of carbonyl (C=O) groups excluding carboxylic acids is 2. The van der Waals surface area contributed by atoms with Gasteiger partial charge in [0.2, 0.25) is 12.6 Å². The third kappa shape index (κ3) is 10.5. The molecular weight excluding hydrogens is 252 g/mol. The summed E-state index contributed by atoms with van der Waals surface area (Å²) < 4.78 is 9.41. The van der Waals surface area contributed by atoms with Gasteiger partial charge in [-0.15, -0.1) is 0 Å². The molecule has 0 saturated carbocycles. The van der Waals surface area contributed by atoms with Crippen molar-refractivity contribution >= 4 is 11.9 Å². The zero-order valence-electron chi connectivity index (χ0n) is 11.6. The van der Waals surface area contributed by atoms with E-state index < -0.39 is 24.5 Å². The molecule has 0 aromatic carbocycles. The second kappa shape index (κ2) is 10.8. The summed E-state index contributed by atoms with van der Waals surface area (Å²) >= 11 is 0. The Morgan fingerprint density at radius 3 is 1.58 bits per heavy atom. The number of hydrogen-bond acceptors (Lipinski definition) is 6. The van der Waals surface area contributed by atoms with Gasteiger partial charge >= 0.3 is 11.9 Å². The molecule has 0 saturated heterocycles. The Labute approximate surface area is 113 Å². The fourth-order valence-corrected chi connectivity index (χ4v) is 1.41. The van der Waals surface area contributed by atoms with Crippen LogP contribution in [0.2, 0.25) is 0 Å². The van der Waals surface area contributed by atoms with Gasteiger partial charge in [0.15, 0.2) is 0 Å². The van der Waals surface area contributed by atoms with Crippen molar-refractivity contribution in [1.29, 1.82) is 0 Å². The van der Waals surface area contributed by atoms with E-state index in [4.69, 9.17) is 9.47 Å². The normalized spacial score (nSPS) is 13.7. The largest absolute Gasteiger partial charge is 0.436 e. The van der Waals surface area contributed by atoms with Crippen LogP contribution in [0.25, 0.3) is 0 Å². The molecule has 2 unspecified atom stereocenters. The first kappa shape index (κ1) is 17.9. The quantitative estimate of drug-likeness (QED) is 0.464. The van der Waals surface area contributed by atoms with E-state index in [9.17, 15) is 19.8 Å². The molecule has 0 rings (SSSR count). The molecular formula is C13H24O6. The number of ether oxygens (including phenoxy) is 2. The first-order valence-electron chi connectivity index (χ1n) is 6.74. The molecule has 0 bridgehead atoms. The number of aliphatic hydroxyl groups is 2. The molecule has 0 aromatic rings. The van der Waals surface area contributed by atoms with Gasteiger partial charge in [-0.1, -0.05) is 26.7 Å². The van der Waals surface area contributed by atoms with E-state index >= 15 is 0 Å². The van der Waals surface area contributed by atoms with Gasteiger partial charge < -0.3 is 19.7 Å². The fourth-order valence-electron chi connectivity index (χ4n) is 1.41.